The van der Waals surface area contributed by atoms with Gasteiger partial charge in [0.1, 0.15) is 17.7 Å². The van der Waals surface area contributed by atoms with Crippen LogP contribution in [0.4, 0.5) is 10.5 Å². The van der Waals surface area contributed by atoms with E-state index in [1.54, 1.807) is 46.8 Å². The first-order chi connectivity index (χ1) is 17.6. The van der Waals surface area contributed by atoms with Crippen LogP contribution in [0, 0.1) is 20.8 Å². The molecule has 0 saturated heterocycles. The minimum atomic E-state index is -1.33. The van der Waals surface area contributed by atoms with E-state index in [0.29, 0.717) is 11.3 Å². The maximum Gasteiger partial charge on any atom is 0.408 e. The van der Waals surface area contributed by atoms with Crippen LogP contribution in [0.5, 0.6) is 0 Å². The quantitative estimate of drug-likeness (QED) is 0.450. The van der Waals surface area contributed by atoms with Crippen LogP contribution < -0.4 is 16.4 Å². The topological polar surface area (TPSA) is 131 Å². The number of amides is 4. The van der Waals surface area contributed by atoms with Gasteiger partial charge in [-0.15, -0.1) is 0 Å². The highest BCUT2D eigenvalue weighted by Crippen LogP contribution is 2.30. The van der Waals surface area contributed by atoms with Crippen molar-refractivity contribution in [3.8, 4) is 0 Å². The average molecular weight is 525 g/mol. The summed E-state index contributed by atoms with van der Waals surface area (Å²) >= 11 is 0. The molecule has 0 aliphatic carbocycles. The Kier molecular flexibility index (Phi) is 10.0. The van der Waals surface area contributed by atoms with Crippen LogP contribution in [0.15, 0.2) is 42.5 Å². The lowest BCUT2D eigenvalue weighted by Gasteiger charge is -2.37. The van der Waals surface area contributed by atoms with Gasteiger partial charge in [-0.1, -0.05) is 42.5 Å². The van der Waals surface area contributed by atoms with E-state index in [0.717, 1.165) is 16.7 Å². The second-order valence-electron chi connectivity index (χ2n) is 10.7. The number of hydrogen-bond acceptors (Lipinski definition) is 5. The SMILES string of the molecule is Cc1ccccc1C(C(=O)Nc1c(C)cccc1C)N(C(=O)C(CC(N)=O)NC(=O)OC(C)(C)C)C(C)C. The first-order valence-electron chi connectivity index (χ1n) is 12.6. The number of hydrogen-bond donors (Lipinski definition) is 3. The number of nitrogens with two attached hydrogens (primary N) is 1. The summed E-state index contributed by atoms with van der Waals surface area (Å²) in [5, 5.41) is 5.49. The maximum absolute atomic E-state index is 14.0. The molecule has 4 N–H and O–H groups in total. The van der Waals surface area contributed by atoms with Crippen molar-refractivity contribution in [1.82, 2.24) is 10.2 Å². The predicted octanol–water partition coefficient (Wildman–Crippen LogP) is 4.30. The molecule has 0 aromatic heterocycles. The third-order valence-corrected chi connectivity index (χ3v) is 5.94. The van der Waals surface area contributed by atoms with Crippen molar-refractivity contribution in [1.29, 1.82) is 0 Å². The zero-order chi connectivity index (χ0) is 28.8. The molecule has 38 heavy (non-hydrogen) atoms. The van der Waals surface area contributed by atoms with Gasteiger partial charge < -0.3 is 26.0 Å². The molecular formula is C29H40N4O5. The fourth-order valence-corrected chi connectivity index (χ4v) is 4.23. The molecule has 0 fully saturated rings. The van der Waals surface area contributed by atoms with Gasteiger partial charge in [0.2, 0.25) is 11.8 Å². The standard InChI is InChI=1S/C29H40N4O5/c1-17(2)33(27(36)22(16-23(30)34)31-28(37)38-29(6,7)8)25(21-15-10-9-12-18(21)3)26(35)32-24-19(4)13-11-14-20(24)5/h9-15,17,22,25H,16H2,1-8H3,(H2,30,34)(H,31,37)(H,32,35). The van der Waals surface area contributed by atoms with Crippen LogP contribution in [0.2, 0.25) is 0 Å². The number of ether oxygens (including phenoxy) is 1. The summed E-state index contributed by atoms with van der Waals surface area (Å²) in [5.74, 6) is -1.83. The lowest BCUT2D eigenvalue weighted by molar-refractivity contribution is -0.143. The van der Waals surface area contributed by atoms with Crippen molar-refractivity contribution >= 4 is 29.5 Å². The van der Waals surface area contributed by atoms with Gasteiger partial charge in [0.15, 0.2) is 0 Å². The van der Waals surface area contributed by atoms with Gasteiger partial charge in [0.05, 0.1) is 6.42 Å². The highest BCUT2D eigenvalue weighted by Gasteiger charge is 2.39. The van der Waals surface area contributed by atoms with Gasteiger partial charge in [-0.2, -0.15) is 0 Å². The van der Waals surface area contributed by atoms with Crippen molar-refractivity contribution < 1.29 is 23.9 Å². The van der Waals surface area contributed by atoms with Gasteiger partial charge in [0.25, 0.3) is 5.91 Å². The molecule has 206 valence electrons. The Bertz CT molecular complexity index is 1170. The number of rotatable bonds is 9. The van der Waals surface area contributed by atoms with E-state index >= 15 is 0 Å². The molecular weight excluding hydrogens is 484 g/mol. The van der Waals surface area contributed by atoms with E-state index in [2.05, 4.69) is 10.6 Å². The summed E-state index contributed by atoms with van der Waals surface area (Å²) in [6.07, 6.45) is -1.33. The minimum Gasteiger partial charge on any atom is -0.444 e. The zero-order valence-corrected chi connectivity index (χ0v) is 23.5. The van der Waals surface area contributed by atoms with Crippen molar-refractivity contribution in [3.63, 3.8) is 0 Å². The number of benzene rings is 2. The molecule has 0 aliphatic heterocycles. The highest BCUT2D eigenvalue weighted by molar-refractivity contribution is 6.00. The minimum absolute atomic E-state index is 0.422. The van der Waals surface area contributed by atoms with Crippen LogP contribution in [0.25, 0.3) is 0 Å². The van der Waals surface area contributed by atoms with E-state index in [9.17, 15) is 19.2 Å². The number of carbonyl (C=O) groups excluding carboxylic acids is 4. The molecule has 0 heterocycles. The molecule has 0 saturated carbocycles. The third kappa shape index (κ3) is 8.06. The van der Waals surface area contributed by atoms with Crippen molar-refractivity contribution in [2.24, 2.45) is 5.73 Å². The predicted molar refractivity (Wildman–Crippen MR) is 147 cm³/mol. The largest absolute Gasteiger partial charge is 0.444 e. The number of carbonyl (C=O) groups is 4. The van der Waals surface area contributed by atoms with Gasteiger partial charge in [-0.3, -0.25) is 14.4 Å². The Balaban J connectivity index is 2.58. The second-order valence-corrected chi connectivity index (χ2v) is 10.7. The summed E-state index contributed by atoms with van der Waals surface area (Å²) in [6.45, 7) is 14.2. The summed E-state index contributed by atoms with van der Waals surface area (Å²) < 4.78 is 5.31. The smallest absolute Gasteiger partial charge is 0.408 e. The Hall–Kier alpha value is -3.88. The monoisotopic (exact) mass is 524 g/mol. The fourth-order valence-electron chi connectivity index (χ4n) is 4.23. The summed E-state index contributed by atoms with van der Waals surface area (Å²) in [4.78, 5) is 53.8. The Morgan fingerprint density at radius 3 is 1.97 bits per heavy atom. The lowest BCUT2D eigenvalue weighted by Crippen LogP contribution is -2.55. The lowest BCUT2D eigenvalue weighted by atomic mass is 9.96. The number of nitrogens with zero attached hydrogens (tertiary/aromatic N) is 1. The van der Waals surface area contributed by atoms with E-state index in [1.165, 1.54) is 4.90 Å². The summed E-state index contributed by atoms with van der Waals surface area (Å²) in [5.41, 5.74) is 8.45. The molecule has 9 nitrogen and oxygen atoms in total. The molecule has 0 bridgehead atoms. The maximum atomic E-state index is 14.0. The second kappa shape index (κ2) is 12.6. The molecule has 2 aromatic rings. The van der Waals surface area contributed by atoms with E-state index < -0.39 is 54.0 Å². The first-order valence-corrected chi connectivity index (χ1v) is 12.6. The molecule has 0 radical (unpaired) electrons. The number of alkyl carbamates (subject to hydrolysis) is 1. The van der Waals surface area contributed by atoms with Crippen molar-refractivity contribution in [2.45, 2.75) is 85.5 Å². The molecule has 2 unspecified atom stereocenters. The Morgan fingerprint density at radius 1 is 0.921 bits per heavy atom. The van der Waals surface area contributed by atoms with Crippen LogP contribution >= 0.6 is 0 Å². The third-order valence-electron chi connectivity index (χ3n) is 5.94. The molecule has 4 amide bonds. The average Bonchev–Trinajstić information content (AvgIpc) is 2.77. The van der Waals surface area contributed by atoms with E-state index in [-0.39, 0.29) is 0 Å². The molecule has 9 heteroatoms. The number of primary amides is 1. The van der Waals surface area contributed by atoms with Crippen LogP contribution in [0.1, 0.15) is 69.3 Å². The Labute approximate surface area is 225 Å². The fraction of sp³-hybridized carbons (Fsp3) is 0.448. The van der Waals surface area contributed by atoms with Gasteiger partial charge in [0, 0.05) is 11.7 Å². The summed E-state index contributed by atoms with van der Waals surface area (Å²) in [6, 6.07) is 10.1. The molecule has 2 atom stereocenters. The van der Waals surface area contributed by atoms with E-state index in [4.69, 9.17) is 10.5 Å². The van der Waals surface area contributed by atoms with Crippen LogP contribution in [-0.2, 0) is 19.1 Å². The van der Waals surface area contributed by atoms with Crippen LogP contribution in [-0.4, -0.2) is 46.4 Å². The molecule has 0 spiro atoms. The van der Waals surface area contributed by atoms with Crippen molar-refractivity contribution in [3.05, 3.63) is 64.7 Å². The van der Waals surface area contributed by atoms with E-state index in [1.807, 2.05) is 51.1 Å². The Morgan fingerprint density at radius 2 is 1.47 bits per heavy atom. The van der Waals surface area contributed by atoms with Crippen LogP contribution in [0.3, 0.4) is 0 Å². The number of aryl methyl sites for hydroxylation is 3. The normalized spacial score (nSPS) is 12.9. The zero-order valence-electron chi connectivity index (χ0n) is 23.5. The molecule has 0 aliphatic rings. The molecule has 2 rings (SSSR count). The number of nitrogens with one attached hydrogen (secondary N) is 2. The van der Waals surface area contributed by atoms with Crippen molar-refractivity contribution in [2.75, 3.05) is 5.32 Å². The summed E-state index contributed by atoms with van der Waals surface area (Å²) in [7, 11) is 0. The van der Waals surface area contributed by atoms with Gasteiger partial charge in [-0.05, 0) is 77.6 Å². The van der Waals surface area contributed by atoms with Gasteiger partial charge in [-0.25, -0.2) is 4.79 Å². The number of anilines is 1. The molecule has 2 aromatic carbocycles. The van der Waals surface area contributed by atoms with Gasteiger partial charge >= 0.3 is 6.09 Å². The first kappa shape index (κ1) is 30.3. The number of para-hydroxylation sites is 1. The highest BCUT2D eigenvalue weighted by atomic mass is 16.6.